The van der Waals surface area contributed by atoms with E-state index in [4.69, 9.17) is 0 Å². The average Bonchev–Trinajstić information content (AvgIpc) is 2.21. The number of carbonyl (C=O) groups excluding carboxylic acids is 1. The van der Waals surface area contributed by atoms with E-state index in [2.05, 4.69) is 4.74 Å². The van der Waals surface area contributed by atoms with Crippen molar-refractivity contribution >= 4 is 28.6 Å². The summed E-state index contributed by atoms with van der Waals surface area (Å²) >= 11 is 1.75. The van der Waals surface area contributed by atoms with Crippen LogP contribution in [0.15, 0.2) is 10.9 Å². The molecule has 1 rings (SSSR count). The standard InChI is InChI=1S/C10H10F2INO3/c1-2-17-8(16)3-5-6(13)4-7(15)14-9(5)10(11)12/h4,10H,2-3H2,1H3,(H,14,15). The van der Waals surface area contributed by atoms with Gasteiger partial charge in [-0.15, -0.1) is 0 Å². The highest BCUT2D eigenvalue weighted by Crippen LogP contribution is 2.23. The summed E-state index contributed by atoms with van der Waals surface area (Å²) in [5.74, 6) is -0.598. The maximum absolute atomic E-state index is 12.7. The maximum atomic E-state index is 12.7. The number of aromatic amines is 1. The molecule has 0 unspecified atom stereocenters. The number of nitrogens with one attached hydrogen (secondary N) is 1. The molecular weight excluding hydrogens is 347 g/mol. The van der Waals surface area contributed by atoms with Gasteiger partial charge in [-0.05, 0) is 29.5 Å². The number of pyridine rings is 1. The topological polar surface area (TPSA) is 59.2 Å². The van der Waals surface area contributed by atoms with Gasteiger partial charge in [0, 0.05) is 15.2 Å². The fourth-order valence-corrected chi connectivity index (χ4v) is 2.06. The molecule has 94 valence electrons. The monoisotopic (exact) mass is 357 g/mol. The number of rotatable bonds is 4. The van der Waals surface area contributed by atoms with Gasteiger partial charge in [0.15, 0.2) is 0 Å². The molecule has 0 saturated carbocycles. The van der Waals surface area contributed by atoms with Crippen molar-refractivity contribution in [3.05, 3.63) is 31.2 Å². The Kier molecular flexibility index (Phi) is 5.03. The summed E-state index contributed by atoms with van der Waals surface area (Å²) in [6.07, 6.45) is -3.11. The third-order valence-electron chi connectivity index (χ3n) is 1.97. The zero-order valence-corrected chi connectivity index (χ0v) is 11.1. The lowest BCUT2D eigenvalue weighted by Crippen LogP contribution is -2.17. The predicted octanol–water partition coefficient (Wildman–Crippen LogP) is 2.02. The number of hydrogen-bond acceptors (Lipinski definition) is 3. The molecule has 1 heterocycles. The summed E-state index contributed by atoms with van der Waals surface area (Å²) in [6, 6.07) is 1.17. The molecule has 0 radical (unpaired) electrons. The van der Waals surface area contributed by atoms with Gasteiger partial charge in [-0.3, -0.25) is 9.59 Å². The van der Waals surface area contributed by atoms with Crippen LogP contribution in [0.5, 0.6) is 0 Å². The van der Waals surface area contributed by atoms with Crippen molar-refractivity contribution in [3.8, 4) is 0 Å². The van der Waals surface area contributed by atoms with Gasteiger partial charge < -0.3 is 9.72 Å². The van der Waals surface area contributed by atoms with Gasteiger partial charge in [0.25, 0.3) is 6.43 Å². The summed E-state index contributed by atoms with van der Waals surface area (Å²) in [4.78, 5) is 24.4. The van der Waals surface area contributed by atoms with Gasteiger partial charge in [-0.1, -0.05) is 0 Å². The van der Waals surface area contributed by atoms with Crippen molar-refractivity contribution in [2.24, 2.45) is 0 Å². The number of esters is 1. The van der Waals surface area contributed by atoms with E-state index >= 15 is 0 Å². The van der Waals surface area contributed by atoms with Crippen LogP contribution < -0.4 is 5.56 Å². The Morgan fingerprint density at radius 3 is 2.76 bits per heavy atom. The van der Waals surface area contributed by atoms with Crippen molar-refractivity contribution in [1.82, 2.24) is 4.98 Å². The molecule has 0 aliphatic rings. The summed E-state index contributed by atoms with van der Waals surface area (Å²) in [5.41, 5.74) is -1.02. The summed E-state index contributed by atoms with van der Waals surface area (Å²) in [7, 11) is 0. The van der Waals surface area contributed by atoms with Gasteiger partial charge in [-0.25, -0.2) is 8.78 Å². The molecule has 0 bridgehead atoms. The Balaban J connectivity index is 3.12. The molecule has 4 nitrogen and oxygen atoms in total. The number of carbonyl (C=O) groups is 1. The third-order valence-corrected chi connectivity index (χ3v) is 2.94. The Bertz CT molecular complexity index is 473. The molecule has 0 aliphatic heterocycles. The predicted molar refractivity (Wildman–Crippen MR) is 65.1 cm³/mol. The van der Waals surface area contributed by atoms with Crippen LogP contribution in [0.3, 0.4) is 0 Å². The number of hydrogen-bond donors (Lipinski definition) is 1. The van der Waals surface area contributed by atoms with Crippen molar-refractivity contribution in [3.63, 3.8) is 0 Å². The summed E-state index contributed by atoms with van der Waals surface area (Å²) in [5, 5.41) is 0. The minimum atomic E-state index is -2.83. The molecule has 1 aromatic rings. The SMILES string of the molecule is CCOC(=O)Cc1c(I)cc(=O)[nH]c1C(F)F. The van der Waals surface area contributed by atoms with E-state index in [1.54, 1.807) is 29.5 Å². The second-order valence-corrected chi connectivity index (χ2v) is 4.32. The van der Waals surface area contributed by atoms with Crippen molar-refractivity contribution in [1.29, 1.82) is 0 Å². The zero-order chi connectivity index (χ0) is 13.0. The molecular formula is C10H10F2INO3. The Labute approximate surface area is 110 Å². The Morgan fingerprint density at radius 1 is 1.59 bits per heavy atom. The van der Waals surface area contributed by atoms with Gasteiger partial charge in [0.2, 0.25) is 5.56 Å². The number of alkyl halides is 2. The lowest BCUT2D eigenvalue weighted by molar-refractivity contribution is -0.142. The largest absolute Gasteiger partial charge is 0.466 e. The van der Waals surface area contributed by atoms with Crippen LogP contribution in [0.25, 0.3) is 0 Å². The van der Waals surface area contributed by atoms with E-state index < -0.39 is 23.6 Å². The first-order valence-corrected chi connectivity index (χ1v) is 5.89. The van der Waals surface area contributed by atoms with Crippen molar-refractivity contribution in [2.75, 3.05) is 6.61 Å². The van der Waals surface area contributed by atoms with Crippen molar-refractivity contribution < 1.29 is 18.3 Å². The highest BCUT2D eigenvalue weighted by Gasteiger charge is 2.19. The number of aromatic nitrogens is 1. The normalized spacial score (nSPS) is 10.6. The molecule has 0 spiro atoms. The molecule has 7 heteroatoms. The van der Waals surface area contributed by atoms with E-state index in [1.165, 1.54) is 6.07 Å². The Hall–Kier alpha value is -0.990. The van der Waals surface area contributed by atoms with Gasteiger partial charge in [0.1, 0.15) is 0 Å². The fraction of sp³-hybridized carbons (Fsp3) is 0.400. The lowest BCUT2D eigenvalue weighted by atomic mass is 10.1. The van der Waals surface area contributed by atoms with Crippen LogP contribution in [0.2, 0.25) is 0 Å². The number of halogens is 3. The average molecular weight is 357 g/mol. The highest BCUT2D eigenvalue weighted by atomic mass is 127. The highest BCUT2D eigenvalue weighted by molar-refractivity contribution is 14.1. The first kappa shape index (κ1) is 14.1. The van der Waals surface area contributed by atoms with Crippen LogP contribution in [0.4, 0.5) is 8.78 Å². The van der Waals surface area contributed by atoms with E-state index in [0.29, 0.717) is 3.57 Å². The van der Waals surface area contributed by atoms with E-state index in [9.17, 15) is 18.4 Å². The molecule has 0 aliphatic carbocycles. The second-order valence-electron chi connectivity index (χ2n) is 3.16. The lowest BCUT2D eigenvalue weighted by Gasteiger charge is -2.10. The van der Waals surface area contributed by atoms with Gasteiger partial charge in [0.05, 0.1) is 18.7 Å². The van der Waals surface area contributed by atoms with Crippen LogP contribution in [-0.2, 0) is 16.0 Å². The molecule has 0 amide bonds. The van der Waals surface area contributed by atoms with E-state index in [-0.39, 0.29) is 18.6 Å². The minimum Gasteiger partial charge on any atom is -0.466 e. The first-order chi connectivity index (χ1) is 7.95. The number of H-pyrrole nitrogens is 1. The summed E-state index contributed by atoms with van der Waals surface area (Å²) < 4.78 is 30.4. The quantitative estimate of drug-likeness (QED) is 0.663. The Morgan fingerprint density at radius 2 is 2.24 bits per heavy atom. The zero-order valence-electron chi connectivity index (χ0n) is 8.93. The van der Waals surface area contributed by atoms with Crippen molar-refractivity contribution in [2.45, 2.75) is 19.8 Å². The summed E-state index contributed by atoms with van der Waals surface area (Å²) in [6.45, 7) is 1.81. The molecule has 0 atom stereocenters. The molecule has 0 saturated heterocycles. The molecule has 0 aromatic carbocycles. The minimum absolute atomic E-state index is 0.110. The first-order valence-electron chi connectivity index (χ1n) is 4.81. The van der Waals surface area contributed by atoms with Gasteiger partial charge >= 0.3 is 5.97 Å². The smallest absolute Gasteiger partial charge is 0.310 e. The van der Waals surface area contributed by atoms with E-state index in [0.717, 1.165) is 0 Å². The van der Waals surface area contributed by atoms with Crippen LogP contribution in [-0.4, -0.2) is 17.6 Å². The molecule has 0 fully saturated rings. The van der Waals surface area contributed by atoms with Crippen LogP contribution >= 0.6 is 22.6 Å². The van der Waals surface area contributed by atoms with Crippen LogP contribution in [0, 0.1) is 3.57 Å². The molecule has 1 N–H and O–H groups in total. The fourth-order valence-electron chi connectivity index (χ4n) is 1.30. The number of ether oxygens (including phenoxy) is 1. The molecule has 17 heavy (non-hydrogen) atoms. The van der Waals surface area contributed by atoms with Crippen LogP contribution in [0.1, 0.15) is 24.6 Å². The van der Waals surface area contributed by atoms with E-state index in [1.807, 2.05) is 4.98 Å². The second kappa shape index (κ2) is 6.08. The third kappa shape index (κ3) is 3.76. The molecule has 1 aromatic heterocycles. The maximum Gasteiger partial charge on any atom is 0.310 e. The van der Waals surface area contributed by atoms with Gasteiger partial charge in [-0.2, -0.15) is 0 Å².